The highest BCUT2D eigenvalue weighted by Crippen LogP contribution is 2.38. The van der Waals surface area contributed by atoms with E-state index in [9.17, 15) is 9.59 Å². The van der Waals surface area contributed by atoms with Crippen molar-refractivity contribution in [2.75, 3.05) is 38.1 Å². The fraction of sp³-hybridized carbons (Fsp3) is 0.357. The van der Waals surface area contributed by atoms with Gasteiger partial charge in [-0.05, 0) is 163 Å². The number of aryl methyl sites for hydroxylation is 4. The van der Waals surface area contributed by atoms with E-state index < -0.39 is 0 Å². The van der Waals surface area contributed by atoms with Crippen molar-refractivity contribution in [2.24, 2.45) is 14.1 Å². The summed E-state index contributed by atoms with van der Waals surface area (Å²) >= 11 is 6.40. The van der Waals surface area contributed by atoms with Crippen LogP contribution in [0.2, 0.25) is 5.02 Å². The van der Waals surface area contributed by atoms with Crippen LogP contribution < -0.4 is 37.3 Å². The Morgan fingerprint density at radius 3 is 1.78 bits per heavy atom. The van der Waals surface area contributed by atoms with Gasteiger partial charge in [0.1, 0.15) is 23.3 Å². The van der Waals surface area contributed by atoms with Crippen molar-refractivity contribution in [2.45, 2.75) is 114 Å². The Kier molecular flexibility index (Phi) is 17.6. The lowest BCUT2D eigenvalue weighted by Crippen LogP contribution is -2.45. The highest BCUT2D eigenvalue weighted by atomic mass is 35.5. The van der Waals surface area contributed by atoms with E-state index in [2.05, 4.69) is 148 Å². The van der Waals surface area contributed by atoms with Gasteiger partial charge in [-0.25, -0.2) is 9.97 Å². The van der Waals surface area contributed by atoms with E-state index in [1.54, 1.807) is 41.6 Å². The molecule has 0 aromatic carbocycles. The van der Waals surface area contributed by atoms with Gasteiger partial charge in [0.05, 0.1) is 75.1 Å². The van der Waals surface area contributed by atoms with Gasteiger partial charge in [-0.3, -0.25) is 33.3 Å². The monoisotopic (exact) mass is 1210 g/mol. The number of pyridine rings is 7. The van der Waals surface area contributed by atoms with Crippen LogP contribution in [0.25, 0.3) is 28.2 Å². The van der Waals surface area contributed by atoms with Crippen molar-refractivity contribution in [1.82, 2.24) is 73.9 Å². The summed E-state index contributed by atoms with van der Waals surface area (Å²) in [5.41, 5.74) is 14.9. The SMILES string of the molecule is CN1CCN(c2cccc3nc(C4CCCC(c5ncccc5Cl)N4)cn23)CC1.Cc1cccnc1C1CCCC(C2=CN3C(c4ccc(=O)n(C)c4)=CC=CC3N2)N1.Cc1cccnc1C1CCCC(c2cn3c(-c4ccn(C)c(=O)c4)cccc3n2)N1. The van der Waals surface area contributed by atoms with Crippen molar-refractivity contribution in [3.63, 3.8) is 0 Å². The molecule has 9 aromatic heterocycles. The first kappa shape index (κ1) is 59.4. The van der Waals surface area contributed by atoms with Gasteiger partial charge in [0.15, 0.2) is 0 Å². The third-order valence-corrected chi connectivity index (χ3v) is 18.8. The molecule has 15 rings (SSSR count). The second-order valence-electron chi connectivity index (χ2n) is 24.5. The maximum atomic E-state index is 12.1. The van der Waals surface area contributed by atoms with Crippen molar-refractivity contribution in [1.29, 1.82) is 0 Å². The molecule has 0 radical (unpaired) electrons. The van der Waals surface area contributed by atoms with Crippen LogP contribution in [-0.4, -0.2) is 98.1 Å². The molecule has 15 heterocycles. The van der Waals surface area contributed by atoms with Crippen LogP contribution in [0.4, 0.5) is 5.82 Å². The molecule has 7 atom stereocenters. The highest BCUT2D eigenvalue weighted by molar-refractivity contribution is 6.31. The molecule has 0 amide bonds. The number of hydrogen-bond donors (Lipinski definition) is 4. The first-order valence-corrected chi connectivity index (χ1v) is 31.9. The van der Waals surface area contributed by atoms with Crippen LogP contribution in [0.1, 0.15) is 133 Å². The molecule has 6 aliphatic heterocycles. The Labute approximate surface area is 524 Å². The Morgan fingerprint density at radius 2 is 1.13 bits per heavy atom. The topological polar surface area (TPSA) is 175 Å². The van der Waals surface area contributed by atoms with E-state index in [4.69, 9.17) is 21.6 Å². The molecule has 0 bridgehead atoms. The fourth-order valence-electron chi connectivity index (χ4n) is 13.5. The minimum atomic E-state index is -0.0210. The molecule has 19 heteroatoms. The van der Waals surface area contributed by atoms with Gasteiger partial charge < -0.3 is 45.1 Å². The summed E-state index contributed by atoms with van der Waals surface area (Å²) in [6, 6.07) is 33.0. The summed E-state index contributed by atoms with van der Waals surface area (Å²) in [5.74, 6) is 1.23. The predicted molar refractivity (Wildman–Crippen MR) is 352 cm³/mol. The third kappa shape index (κ3) is 12.9. The molecule has 458 valence electrons. The fourth-order valence-corrected chi connectivity index (χ4v) is 13.8. The zero-order valence-electron chi connectivity index (χ0n) is 51.4. The number of piperidine rings is 3. The standard InChI is InChI=1S/C24H27N5O.C24H25N5O.C22H27ClN6/c1-16-6-5-13-25-24(16)19-8-3-7-18(26-19)20-15-29-21(9-4-10-22(29)27-20)17-11-12-23(30)28(2)14-17;1-16-6-5-12-25-24(16)19-8-3-7-18(26-19)20-15-29-21(9-4-10-22(29)27-20)17-11-13-28(2)23(30)14-17;1-27-11-13-28(14-12-27)21-9-3-8-20-26-19(15-29(20)21)17-6-2-7-18(25-17)22-16(23)5-4-10-24-22/h4-6,9-15,18-19,22,26-27H,3,7-8H2,1-2H3;4-6,9-15,18-19,26H,3,7-8H2,1-2H3;3-5,8-10,15,17-18,25H,2,6-7,11-14H2,1H3. The molecular weight excluding hydrogens is 1130 g/mol. The second kappa shape index (κ2) is 26.3. The van der Waals surface area contributed by atoms with Crippen LogP contribution in [0.3, 0.4) is 0 Å². The van der Waals surface area contributed by atoms with Crippen LogP contribution in [0, 0.1) is 13.8 Å². The summed E-state index contributed by atoms with van der Waals surface area (Å²) in [6.07, 6.45) is 32.2. The van der Waals surface area contributed by atoms with Gasteiger partial charge >= 0.3 is 0 Å². The van der Waals surface area contributed by atoms with Crippen LogP contribution in [0.15, 0.2) is 180 Å². The molecule has 18 nitrogen and oxygen atoms in total. The van der Waals surface area contributed by atoms with E-state index >= 15 is 0 Å². The number of aromatic nitrogens is 9. The third-order valence-electron chi connectivity index (χ3n) is 18.5. The summed E-state index contributed by atoms with van der Waals surface area (Å²) < 4.78 is 7.54. The number of rotatable bonds is 9. The number of fused-ring (bicyclic) bond motifs is 3. The molecule has 9 aromatic rings. The van der Waals surface area contributed by atoms with E-state index in [0.717, 1.165) is 145 Å². The maximum Gasteiger partial charge on any atom is 0.250 e. The molecule has 89 heavy (non-hydrogen) atoms. The van der Waals surface area contributed by atoms with Crippen molar-refractivity contribution in [3.05, 3.63) is 241 Å². The summed E-state index contributed by atoms with van der Waals surface area (Å²) in [5, 5.41) is 15.8. The van der Waals surface area contributed by atoms with Gasteiger partial charge in [0.25, 0.3) is 5.56 Å². The molecule has 4 fully saturated rings. The average molecular weight is 1210 g/mol. The summed E-state index contributed by atoms with van der Waals surface area (Å²) in [6.45, 7) is 8.53. The van der Waals surface area contributed by atoms with Gasteiger partial charge in [0, 0.05) is 125 Å². The van der Waals surface area contributed by atoms with Gasteiger partial charge in [0.2, 0.25) is 5.56 Å². The minimum absolute atomic E-state index is 0.000270. The smallest absolute Gasteiger partial charge is 0.250 e. The van der Waals surface area contributed by atoms with E-state index in [1.165, 1.54) is 29.1 Å². The number of likely N-dealkylation sites (N-methyl/N-ethyl adjacent to an activating group) is 1. The average Bonchev–Trinajstić information content (AvgIpc) is 1.80. The number of halogens is 1. The highest BCUT2D eigenvalue weighted by Gasteiger charge is 2.35. The molecule has 0 saturated carbocycles. The van der Waals surface area contributed by atoms with Crippen LogP contribution >= 0.6 is 11.6 Å². The molecule has 4 N–H and O–H groups in total. The summed E-state index contributed by atoms with van der Waals surface area (Å²) in [4.78, 5) is 54.7. The zero-order valence-corrected chi connectivity index (χ0v) is 52.1. The quantitative estimate of drug-likeness (QED) is 0.107. The van der Waals surface area contributed by atoms with Crippen molar-refractivity contribution >= 4 is 34.4 Å². The normalized spacial score (nSPS) is 22.7. The Balaban J connectivity index is 0.000000123. The molecular formula is C70H79ClN16O2. The maximum absolute atomic E-state index is 12.1. The van der Waals surface area contributed by atoms with Gasteiger partial charge in [-0.2, -0.15) is 0 Å². The van der Waals surface area contributed by atoms with Crippen LogP contribution in [0.5, 0.6) is 0 Å². The molecule has 4 saturated heterocycles. The number of nitrogens with one attached hydrogen (secondary N) is 4. The molecule has 6 aliphatic rings. The number of imidazole rings is 2. The van der Waals surface area contributed by atoms with E-state index in [1.807, 2.05) is 79.4 Å². The zero-order chi connectivity index (χ0) is 61.1. The van der Waals surface area contributed by atoms with Gasteiger partial charge in [-0.15, -0.1) is 0 Å². The van der Waals surface area contributed by atoms with Crippen molar-refractivity contribution in [3.8, 4) is 11.3 Å². The Morgan fingerprint density at radius 1 is 0.551 bits per heavy atom. The van der Waals surface area contributed by atoms with Crippen LogP contribution in [-0.2, 0) is 14.1 Å². The lowest BCUT2D eigenvalue weighted by atomic mass is 9.93. The van der Waals surface area contributed by atoms with E-state index in [-0.39, 0.29) is 53.5 Å². The minimum Gasteiger partial charge on any atom is -0.363 e. The lowest BCUT2D eigenvalue weighted by Gasteiger charge is -2.34. The number of hydrogen-bond acceptors (Lipinski definition) is 14. The molecule has 0 aliphatic carbocycles. The number of piperazine rings is 1. The second-order valence-corrected chi connectivity index (χ2v) is 24.9. The predicted octanol–water partition coefficient (Wildman–Crippen LogP) is 10.6. The Hall–Kier alpha value is -8.52. The number of anilines is 1. The first-order chi connectivity index (χ1) is 43.4. The van der Waals surface area contributed by atoms with Gasteiger partial charge in [-0.1, -0.05) is 41.9 Å². The number of nitrogens with zero attached hydrogens (tertiary/aromatic N) is 12. The largest absolute Gasteiger partial charge is 0.363 e. The van der Waals surface area contributed by atoms with Crippen molar-refractivity contribution < 1.29 is 0 Å². The lowest BCUT2D eigenvalue weighted by molar-refractivity contribution is 0.311. The molecule has 7 unspecified atom stereocenters. The summed E-state index contributed by atoms with van der Waals surface area (Å²) in [7, 11) is 5.74. The number of allylic oxidation sites excluding steroid dienone is 2. The molecule has 0 spiro atoms. The Bertz CT molecular complexity index is 4230. The van der Waals surface area contributed by atoms with E-state index in [0.29, 0.717) is 0 Å². The first-order valence-electron chi connectivity index (χ1n) is 31.5.